The molecule has 0 radical (unpaired) electrons. The van der Waals surface area contributed by atoms with Crippen LogP contribution in [0.5, 0.6) is 0 Å². The Kier molecular flexibility index (Phi) is 5.35. The van der Waals surface area contributed by atoms with Gasteiger partial charge >= 0.3 is 0 Å². The van der Waals surface area contributed by atoms with E-state index in [1.54, 1.807) is 6.20 Å². The summed E-state index contributed by atoms with van der Waals surface area (Å²) in [4.78, 5) is 4.30. The molecule has 0 saturated carbocycles. The zero-order valence-electron chi connectivity index (χ0n) is 12.7. The van der Waals surface area contributed by atoms with Crippen molar-refractivity contribution in [3.8, 4) is 0 Å². The monoisotopic (exact) mass is 312 g/mol. The van der Waals surface area contributed by atoms with E-state index in [-0.39, 0.29) is 5.92 Å². The van der Waals surface area contributed by atoms with Crippen molar-refractivity contribution in [1.82, 2.24) is 9.29 Å². The van der Waals surface area contributed by atoms with E-state index in [2.05, 4.69) is 4.98 Å². The highest BCUT2D eigenvalue weighted by Gasteiger charge is 2.28. The predicted molar refractivity (Wildman–Crippen MR) is 82.3 cm³/mol. The van der Waals surface area contributed by atoms with E-state index in [1.165, 1.54) is 10.6 Å². The number of rotatable bonds is 5. The molecule has 6 heteroatoms. The number of sulfonamides is 1. The fourth-order valence-electron chi connectivity index (χ4n) is 3.00. The number of aryl methyl sites for hydroxylation is 1. The first kappa shape index (κ1) is 16.4. The Hall–Kier alpha value is -0.980. The Morgan fingerprint density at radius 3 is 2.95 bits per heavy atom. The molecule has 1 aromatic heterocycles. The molecule has 21 heavy (non-hydrogen) atoms. The van der Waals surface area contributed by atoms with Crippen molar-refractivity contribution in [2.24, 2.45) is 5.92 Å². The summed E-state index contributed by atoms with van der Waals surface area (Å²) >= 11 is 0. The second-order valence-electron chi connectivity index (χ2n) is 5.78. The maximum absolute atomic E-state index is 11.6. The summed E-state index contributed by atoms with van der Waals surface area (Å²) < 4.78 is 24.8. The number of piperidine rings is 1. The Bertz CT molecular complexity index is 574. The van der Waals surface area contributed by atoms with Gasteiger partial charge in [0.25, 0.3) is 0 Å². The highest BCUT2D eigenvalue weighted by Crippen LogP contribution is 2.29. The lowest BCUT2D eigenvalue weighted by Gasteiger charge is -2.32. The number of hydrogen-bond donors (Lipinski definition) is 1. The number of aliphatic hydroxyl groups excluding tert-OH is 1. The summed E-state index contributed by atoms with van der Waals surface area (Å²) in [6, 6.07) is 3.86. The van der Waals surface area contributed by atoms with Crippen molar-refractivity contribution in [2.45, 2.75) is 38.7 Å². The maximum atomic E-state index is 11.6. The first-order valence-electron chi connectivity index (χ1n) is 7.48. The SMILES string of the molecule is CCc1cccnc1C(O)CC1CCCN(S(C)(=O)=O)C1. The van der Waals surface area contributed by atoms with Gasteiger partial charge in [0.2, 0.25) is 10.0 Å². The van der Waals surface area contributed by atoms with Crippen LogP contribution in [0.15, 0.2) is 18.3 Å². The average Bonchev–Trinajstić information content (AvgIpc) is 2.46. The van der Waals surface area contributed by atoms with Crippen molar-refractivity contribution in [2.75, 3.05) is 19.3 Å². The van der Waals surface area contributed by atoms with Gasteiger partial charge in [0.05, 0.1) is 18.1 Å². The van der Waals surface area contributed by atoms with Crippen LogP contribution in [0.4, 0.5) is 0 Å². The van der Waals surface area contributed by atoms with E-state index >= 15 is 0 Å². The van der Waals surface area contributed by atoms with Gasteiger partial charge in [0.1, 0.15) is 0 Å². The van der Waals surface area contributed by atoms with E-state index in [4.69, 9.17) is 0 Å². The number of nitrogens with zero attached hydrogens (tertiary/aromatic N) is 2. The van der Waals surface area contributed by atoms with Gasteiger partial charge in [-0.1, -0.05) is 13.0 Å². The topological polar surface area (TPSA) is 70.5 Å². The molecule has 118 valence electrons. The van der Waals surface area contributed by atoms with Crippen LogP contribution in [-0.4, -0.2) is 42.2 Å². The predicted octanol–water partition coefficient (Wildman–Crippen LogP) is 1.74. The lowest BCUT2D eigenvalue weighted by Crippen LogP contribution is -2.39. The molecule has 1 fully saturated rings. The quantitative estimate of drug-likeness (QED) is 0.899. The Morgan fingerprint density at radius 1 is 1.52 bits per heavy atom. The molecule has 2 heterocycles. The largest absolute Gasteiger partial charge is 0.387 e. The molecule has 5 nitrogen and oxygen atoms in total. The van der Waals surface area contributed by atoms with Crippen molar-refractivity contribution >= 4 is 10.0 Å². The minimum absolute atomic E-state index is 0.190. The minimum atomic E-state index is -3.14. The van der Waals surface area contributed by atoms with Crippen LogP contribution in [0, 0.1) is 5.92 Å². The van der Waals surface area contributed by atoms with Gasteiger partial charge in [0, 0.05) is 19.3 Å². The van der Waals surface area contributed by atoms with Crippen molar-refractivity contribution in [1.29, 1.82) is 0 Å². The summed E-state index contributed by atoms with van der Waals surface area (Å²) in [5.41, 5.74) is 1.79. The molecule has 1 aliphatic heterocycles. The van der Waals surface area contributed by atoms with Crippen LogP contribution >= 0.6 is 0 Å². The van der Waals surface area contributed by atoms with Gasteiger partial charge in [0.15, 0.2) is 0 Å². The van der Waals surface area contributed by atoms with Crippen LogP contribution in [0.25, 0.3) is 0 Å². The van der Waals surface area contributed by atoms with Gasteiger partial charge in [-0.25, -0.2) is 12.7 Å². The molecule has 2 rings (SSSR count). The molecule has 1 N–H and O–H groups in total. The third-order valence-corrected chi connectivity index (χ3v) is 5.40. The normalized spacial score (nSPS) is 22.1. The van der Waals surface area contributed by atoms with E-state index in [1.807, 2.05) is 19.1 Å². The number of aromatic nitrogens is 1. The van der Waals surface area contributed by atoms with Gasteiger partial charge in [-0.2, -0.15) is 0 Å². The minimum Gasteiger partial charge on any atom is -0.387 e. The van der Waals surface area contributed by atoms with Gasteiger partial charge in [-0.3, -0.25) is 4.98 Å². The second-order valence-corrected chi connectivity index (χ2v) is 7.76. The molecule has 0 bridgehead atoms. The van der Waals surface area contributed by atoms with Crippen LogP contribution in [0.2, 0.25) is 0 Å². The first-order valence-corrected chi connectivity index (χ1v) is 9.33. The lowest BCUT2D eigenvalue weighted by molar-refractivity contribution is 0.118. The van der Waals surface area contributed by atoms with Crippen molar-refractivity contribution in [3.05, 3.63) is 29.6 Å². The Morgan fingerprint density at radius 2 is 2.29 bits per heavy atom. The number of pyridine rings is 1. The Labute approximate surface area is 127 Å². The average molecular weight is 312 g/mol. The van der Waals surface area contributed by atoms with Crippen LogP contribution in [0.3, 0.4) is 0 Å². The fraction of sp³-hybridized carbons (Fsp3) is 0.667. The molecule has 2 unspecified atom stereocenters. The zero-order chi connectivity index (χ0) is 15.5. The second kappa shape index (κ2) is 6.85. The summed E-state index contributed by atoms with van der Waals surface area (Å²) in [6.45, 7) is 3.14. The van der Waals surface area contributed by atoms with E-state index in [0.29, 0.717) is 19.5 Å². The first-order chi connectivity index (χ1) is 9.91. The van der Waals surface area contributed by atoms with Crippen molar-refractivity contribution < 1.29 is 13.5 Å². The van der Waals surface area contributed by atoms with Crippen molar-refractivity contribution in [3.63, 3.8) is 0 Å². The molecule has 0 aliphatic carbocycles. The number of hydrogen-bond acceptors (Lipinski definition) is 4. The van der Waals surface area contributed by atoms with Crippen LogP contribution in [0.1, 0.15) is 43.5 Å². The highest BCUT2D eigenvalue weighted by atomic mass is 32.2. The van der Waals surface area contributed by atoms with Crippen LogP contribution < -0.4 is 0 Å². The third-order valence-electron chi connectivity index (χ3n) is 4.13. The van der Waals surface area contributed by atoms with Gasteiger partial charge in [-0.15, -0.1) is 0 Å². The molecule has 1 aliphatic rings. The molecule has 0 spiro atoms. The van der Waals surface area contributed by atoms with Gasteiger partial charge < -0.3 is 5.11 Å². The Balaban J connectivity index is 2.04. The highest BCUT2D eigenvalue weighted by molar-refractivity contribution is 7.88. The molecule has 0 amide bonds. The van der Waals surface area contributed by atoms with E-state index < -0.39 is 16.1 Å². The maximum Gasteiger partial charge on any atom is 0.211 e. The molecule has 2 atom stereocenters. The fourth-order valence-corrected chi connectivity index (χ4v) is 3.94. The van der Waals surface area contributed by atoms with Gasteiger partial charge in [-0.05, 0) is 43.2 Å². The van der Waals surface area contributed by atoms with E-state index in [9.17, 15) is 13.5 Å². The zero-order valence-corrected chi connectivity index (χ0v) is 13.5. The smallest absolute Gasteiger partial charge is 0.211 e. The summed E-state index contributed by atoms with van der Waals surface area (Å²) in [6.07, 6.45) is 5.54. The molecular formula is C15H24N2O3S. The molecule has 0 aromatic carbocycles. The summed E-state index contributed by atoms with van der Waals surface area (Å²) in [7, 11) is -3.14. The van der Waals surface area contributed by atoms with Crippen LogP contribution in [-0.2, 0) is 16.4 Å². The molecule has 1 aromatic rings. The standard InChI is InChI=1S/C15H24N2O3S/c1-3-13-7-4-8-16-15(13)14(18)10-12-6-5-9-17(11-12)21(2,19)20/h4,7-8,12,14,18H,3,5-6,9-11H2,1-2H3. The summed E-state index contributed by atoms with van der Waals surface area (Å²) in [5.74, 6) is 0.190. The molecular weight excluding hydrogens is 288 g/mol. The third kappa shape index (κ3) is 4.25. The molecule has 1 saturated heterocycles. The lowest BCUT2D eigenvalue weighted by atomic mass is 9.91. The number of aliphatic hydroxyl groups is 1. The van der Waals surface area contributed by atoms with E-state index in [0.717, 1.165) is 30.5 Å². The summed E-state index contributed by atoms with van der Waals surface area (Å²) in [5, 5.41) is 10.4.